The summed E-state index contributed by atoms with van der Waals surface area (Å²) in [5, 5.41) is 11.5. The maximum absolute atomic E-state index is 10.8. The maximum atomic E-state index is 10.8. The van der Waals surface area contributed by atoms with Crippen LogP contribution in [0.3, 0.4) is 0 Å². The molecule has 0 radical (unpaired) electrons. The van der Waals surface area contributed by atoms with E-state index in [1.54, 1.807) is 6.07 Å². The van der Waals surface area contributed by atoms with Gasteiger partial charge in [0.05, 0.1) is 11.6 Å². The molecule has 0 aliphatic heterocycles. The molecule has 1 aromatic rings. The number of nitriles is 1. The van der Waals surface area contributed by atoms with Crippen molar-refractivity contribution in [3.8, 4) is 6.07 Å². The number of benzene rings is 1. The van der Waals surface area contributed by atoms with Crippen LogP contribution in [0.15, 0.2) is 24.3 Å². The van der Waals surface area contributed by atoms with Crippen LogP contribution in [0, 0.1) is 11.3 Å². The maximum Gasteiger partial charge on any atom is 0.234 e. The Hall–Kier alpha value is -1.53. The van der Waals surface area contributed by atoms with Gasteiger partial charge >= 0.3 is 0 Å². The summed E-state index contributed by atoms with van der Waals surface area (Å²) >= 11 is 5.33. The third-order valence-corrected chi connectivity index (χ3v) is 2.22. The van der Waals surface area contributed by atoms with Crippen molar-refractivity contribution >= 4 is 17.5 Å². The number of alkyl halides is 1. The molecule has 0 bridgehead atoms. The van der Waals surface area contributed by atoms with Gasteiger partial charge in [-0.05, 0) is 18.1 Å². The highest BCUT2D eigenvalue weighted by molar-refractivity contribution is 6.27. The van der Waals surface area contributed by atoms with E-state index in [1.807, 2.05) is 18.2 Å². The zero-order valence-corrected chi connectivity index (χ0v) is 8.92. The van der Waals surface area contributed by atoms with Crippen LogP contribution in [0.4, 0.5) is 0 Å². The Kier molecular flexibility index (Phi) is 4.65. The first kappa shape index (κ1) is 11.5. The minimum Gasteiger partial charge on any atom is -0.355 e. The number of halogens is 1. The van der Waals surface area contributed by atoms with Gasteiger partial charge in [-0.25, -0.2) is 0 Å². The van der Waals surface area contributed by atoms with Gasteiger partial charge in [0.1, 0.15) is 5.88 Å². The lowest BCUT2D eigenvalue weighted by Gasteiger charge is -2.04. The zero-order valence-electron chi connectivity index (χ0n) is 8.16. The minimum atomic E-state index is -0.189. The van der Waals surface area contributed by atoms with Crippen LogP contribution in [0.5, 0.6) is 0 Å². The number of hydrogen-bond donors (Lipinski definition) is 1. The van der Waals surface area contributed by atoms with Crippen molar-refractivity contribution in [1.29, 1.82) is 5.26 Å². The largest absolute Gasteiger partial charge is 0.355 e. The molecule has 1 aromatic carbocycles. The van der Waals surface area contributed by atoms with Gasteiger partial charge in [-0.2, -0.15) is 5.26 Å². The predicted molar refractivity (Wildman–Crippen MR) is 58.6 cm³/mol. The van der Waals surface area contributed by atoms with Crippen LogP contribution in [0.25, 0.3) is 0 Å². The van der Waals surface area contributed by atoms with E-state index < -0.39 is 0 Å². The lowest BCUT2D eigenvalue weighted by Crippen LogP contribution is -2.26. The average molecular weight is 223 g/mol. The summed E-state index contributed by atoms with van der Waals surface area (Å²) in [5.41, 5.74) is 1.59. The Bertz CT molecular complexity index is 384. The first-order chi connectivity index (χ1) is 7.27. The molecule has 0 saturated carbocycles. The van der Waals surface area contributed by atoms with Gasteiger partial charge < -0.3 is 5.32 Å². The topological polar surface area (TPSA) is 52.9 Å². The van der Waals surface area contributed by atoms with E-state index in [0.29, 0.717) is 18.5 Å². The van der Waals surface area contributed by atoms with Gasteiger partial charge in [0.25, 0.3) is 0 Å². The third-order valence-electron chi connectivity index (χ3n) is 1.98. The molecular formula is C11H11ClN2O. The second-order valence-electron chi connectivity index (χ2n) is 3.00. The molecule has 0 unspecified atom stereocenters. The van der Waals surface area contributed by atoms with Crippen molar-refractivity contribution in [2.24, 2.45) is 0 Å². The second-order valence-corrected chi connectivity index (χ2v) is 3.27. The number of carbonyl (C=O) groups excluding carboxylic acids is 1. The number of carbonyl (C=O) groups is 1. The SMILES string of the molecule is N#Cc1ccccc1CCNC(=O)CCl. The lowest BCUT2D eigenvalue weighted by molar-refractivity contribution is -0.118. The zero-order chi connectivity index (χ0) is 11.1. The molecule has 1 rings (SSSR count). The van der Waals surface area contributed by atoms with E-state index in [4.69, 9.17) is 16.9 Å². The molecule has 0 heterocycles. The molecular weight excluding hydrogens is 212 g/mol. The number of nitrogens with zero attached hydrogens (tertiary/aromatic N) is 1. The van der Waals surface area contributed by atoms with Crippen LogP contribution < -0.4 is 5.32 Å². The summed E-state index contributed by atoms with van der Waals surface area (Å²) in [7, 11) is 0. The predicted octanol–water partition coefficient (Wildman–Crippen LogP) is 1.46. The molecule has 0 saturated heterocycles. The Morgan fingerprint density at radius 1 is 1.47 bits per heavy atom. The Morgan fingerprint density at radius 3 is 2.87 bits per heavy atom. The van der Waals surface area contributed by atoms with Crippen molar-refractivity contribution in [1.82, 2.24) is 5.32 Å². The fourth-order valence-corrected chi connectivity index (χ4v) is 1.33. The highest BCUT2D eigenvalue weighted by Gasteiger charge is 2.01. The monoisotopic (exact) mass is 222 g/mol. The summed E-state index contributed by atoms with van der Waals surface area (Å²) in [5.74, 6) is -0.217. The fourth-order valence-electron chi connectivity index (χ4n) is 1.23. The lowest BCUT2D eigenvalue weighted by atomic mass is 10.1. The number of hydrogen-bond acceptors (Lipinski definition) is 2. The first-order valence-electron chi connectivity index (χ1n) is 4.58. The summed E-state index contributed by atoms with van der Waals surface area (Å²) in [4.78, 5) is 10.8. The summed E-state index contributed by atoms with van der Waals surface area (Å²) in [6, 6.07) is 9.45. The van der Waals surface area contributed by atoms with Crippen LogP contribution in [-0.2, 0) is 11.2 Å². The standard InChI is InChI=1S/C11H11ClN2O/c12-7-11(15)14-6-5-9-3-1-2-4-10(9)8-13/h1-4H,5-7H2,(H,14,15). The Balaban J connectivity index is 2.51. The van der Waals surface area contributed by atoms with Gasteiger partial charge in [0, 0.05) is 6.54 Å². The first-order valence-corrected chi connectivity index (χ1v) is 5.12. The van der Waals surface area contributed by atoms with Crippen LogP contribution in [0.2, 0.25) is 0 Å². The second kappa shape index (κ2) is 6.05. The molecule has 1 amide bonds. The highest BCUT2D eigenvalue weighted by Crippen LogP contribution is 2.07. The van der Waals surface area contributed by atoms with Gasteiger partial charge in [0.2, 0.25) is 5.91 Å². The van der Waals surface area contributed by atoms with E-state index in [0.717, 1.165) is 5.56 Å². The van der Waals surface area contributed by atoms with Crippen LogP contribution >= 0.6 is 11.6 Å². The number of amides is 1. The van der Waals surface area contributed by atoms with E-state index in [1.165, 1.54) is 0 Å². The van der Waals surface area contributed by atoms with Crippen molar-refractivity contribution in [3.05, 3.63) is 35.4 Å². The quantitative estimate of drug-likeness (QED) is 0.785. The number of rotatable bonds is 4. The molecule has 0 aliphatic carbocycles. The molecule has 1 N–H and O–H groups in total. The van der Waals surface area contributed by atoms with Gasteiger partial charge in [-0.1, -0.05) is 18.2 Å². The smallest absolute Gasteiger partial charge is 0.234 e. The molecule has 0 spiro atoms. The fraction of sp³-hybridized carbons (Fsp3) is 0.273. The molecule has 15 heavy (non-hydrogen) atoms. The van der Waals surface area contributed by atoms with Crippen LogP contribution in [0.1, 0.15) is 11.1 Å². The minimum absolute atomic E-state index is 0.0279. The van der Waals surface area contributed by atoms with E-state index in [9.17, 15) is 4.79 Å². The molecule has 0 aliphatic rings. The Labute approximate surface area is 93.7 Å². The highest BCUT2D eigenvalue weighted by atomic mass is 35.5. The molecule has 0 fully saturated rings. The summed E-state index contributed by atoms with van der Waals surface area (Å²) in [6.07, 6.45) is 0.645. The van der Waals surface area contributed by atoms with Gasteiger partial charge in [-0.3, -0.25) is 4.79 Å². The summed E-state index contributed by atoms with van der Waals surface area (Å²) in [6.45, 7) is 0.504. The molecule has 0 atom stereocenters. The third kappa shape index (κ3) is 3.61. The van der Waals surface area contributed by atoms with Gasteiger partial charge in [-0.15, -0.1) is 11.6 Å². The average Bonchev–Trinajstić information content (AvgIpc) is 2.29. The molecule has 3 nitrogen and oxygen atoms in total. The summed E-state index contributed by atoms with van der Waals surface area (Å²) < 4.78 is 0. The van der Waals surface area contributed by atoms with E-state index in [-0.39, 0.29) is 11.8 Å². The van der Waals surface area contributed by atoms with E-state index >= 15 is 0 Å². The molecule has 0 aromatic heterocycles. The molecule has 4 heteroatoms. The molecule has 78 valence electrons. The van der Waals surface area contributed by atoms with Gasteiger partial charge in [0.15, 0.2) is 0 Å². The van der Waals surface area contributed by atoms with Crippen molar-refractivity contribution in [2.75, 3.05) is 12.4 Å². The normalized spacial score (nSPS) is 9.33. The van der Waals surface area contributed by atoms with Crippen molar-refractivity contribution in [3.63, 3.8) is 0 Å². The van der Waals surface area contributed by atoms with Crippen LogP contribution in [-0.4, -0.2) is 18.3 Å². The number of nitrogens with one attached hydrogen (secondary N) is 1. The van der Waals surface area contributed by atoms with Crippen molar-refractivity contribution in [2.45, 2.75) is 6.42 Å². The Morgan fingerprint density at radius 2 is 2.20 bits per heavy atom. The van der Waals surface area contributed by atoms with E-state index in [2.05, 4.69) is 11.4 Å². The van der Waals surface area contributed by atoms with Crippen molar-refractivity contribution < 1.29 is 4.79 Å².